The molecule has 2 fully saturated rings. The zero-order chi connectivity index (χ0) is 16.6. The lowest BCUT2D eigenvalue weighted by Crippen LogP contribution is -2.49. The lowest BCUT2D eigenvalue weighted by molar-refractivity contribution is 0.383. The third-order valence-electron chi connectivity index (χ3n) is 4.59. The van der Waals surface area contributed by atoms with E-state index >= 15 is 0 Å². The van der Waals surface area contributed by atoms with Crippen molar-refractivity contribution in [1.29, 1.82) is 0 Å². The van der Waals surface area contributed by atoms with Gasteiger partial charge in [0, 0.05) is 37.8 Å². The van der Waals surface area contributed by atoms with Gasteiger partial charge >= 0.3 is 0 Å². The molecule has 1 saturated heterocycles. The van der Waals surface area contributed by atoms with E-state index in [2.05, 4.69) is 14.9 Å². The van der Waals surface area contributed by atoms with Crippen molar-refractivity contribution in [2.24, 2.45) is 0 Å². The minimum atomic E-state index is -3.07. The predicted molar refractivity (Wildman–Crippen MR) is 93.2 cm³/mol. The van der Waals surface area contributed by atoms with Gasteiger partial charge in [-0.1, -0.05) is 30.3 Å². The van der Waals surface area contributed by atoms with Crippen molar-refractivity contribution >= 4 is 15.8 Å². The molecule has 7 heteroatoms. The topological polar surface area (TPSA) is 66.4 Å². The molecule has 2 aliphatic rings. The molecule has 4 rings (SSSR count). The molecule has 0 spiro atoms. The Kier molecular flexibility index (Phi) is 3.97. The van der Waals surface area contributed by atoms with Gasteiger partial charge in [-0.25, -0.2) is 18.4 Å². The molecule has 1 saturated carbocycles. The number of hydrogen-bond donors (Lipinski definition) is 0. The molecular weight excluding hydrogens is 324 g/mol. The Bertz CT molecular complexity index is 813. The van der Waals surface area contributed by atoms with Gasteiger partial charge in [0.15, 0.2) is 0 Å². The van der Waals surface area contributed by atoms with Crippen LogP contribution < -0.4 is 4.90 Å². The highest BCUT2D eigenvalue weighted by Gasteiger charge is 2.41. The summed E-state index contributed by atoms with van der Waals surface area (Å²) >= 11 is 0. The zero-order valence-corrected chi connectivity index (χ0v) is 14.2. The zero-order valence-electron chi connectivity index (χ0n) is 13.4. The fourth-order valence-corrected chi connectivity index (χ4v) is 4.86. The second kappa shape index (κ2) is 6.14. The molecule has 24 heavy (non-hydrogen) atoms. The molecule has 1 aliphatic carbocycles. The van der Waals surface area contributed by atoms with E-state index in [9.17, 15) is 8.42 Å². The van der Waals surface area contributed by atoms with Crippen LogP contribution in [-0.2, 0) is 10.0 Å². The van der Waals surface area contributed by atoms with E-state index in [1.54, 1.807) is 10.6 Å². The minimum Gasteiger partial charge on any atom is -0.354 e. The summed E-state index contributed by atoms with van der Waals surface area (Å²) in [5, 5.41) is -0.132. The van der Waals surface area contributed by atoms with Gasteiger partial charge in [0.1, 0.15) is 12.1 Å². The molecule has 0 atom stereocenters. The smallest absolute Gasteiger partial charge is 0.217 e. The van der Waals surface area contributed by atoms with Gasteiger partial charge in [0.2, 0.25) is 10.0 Å². The third-order valence-corrected chi connectivity index (χ3v) is 6.99. The first-order valence-electron chi connectivity index (χ1n) is 8.26. The first-order valence-corrected chi connectivity index (χ1v) is 9.76. The molecule has 1 aromatic carbocycles. The van der Waals surface area contributed by atoms with E-state index in [4.69, 9.17) is 0 Å². The van der Waals surface area contributed by atoms with Crippen molar-refractivity contribution in [2.75, 3.05) is 31.1 Å². The van der Waals surface area contributed by atoms with Gasteiger partial charge in [-0.05, 0) is 12.8 Å². The van der Waals surface area contributed by atoms with Gasteiger partial charge in [0.25, 0.3) is 0 Å². The summed E-state index contributed by atoms with van der Waals surface area (Å²) < 4.78 is 26.3. The van der Waals surface area contributed by atoms with Crippen molar-refractivity contribution in [2.45, 2.75) is 18.1 Å². The van der Waals surface area contributed by atoms with Crippen LogP contribution >= 0.6 is 0 Å². The minimum absolute atomic E-state index is 0.132. The number of piperazine rings is 1. The summed E-state index contributed by atoms with van der Waals surface area (Å²) in [6.07, 6.45) is 3.20. The second-order valence-electron chi connectivity index (χ2n) is 6.26. The Morgan fingerprint density at radius 1 is 0.958 bits per heavy atom. The quantitative estimate of drug-likeness (QED) is 0.845. The molecule has 2 heterocycles. The average Bonchev–Trinajstić information content (AvgIpc) is 3.48. The van der Waals surface area contributed by atoms with Gasteiger partial charge in [-0.15, -0.1) is 0 Å². The molecule has 0 bridgehead atoms. The Hall–Kier alpha value is -1.99. The highest BCUT2D eigenvalue weighted by Crippen LogP contribution is 2.31. The molecular formula is C17H20N4O2S. The van der Waals surface area contributed by atoms with E-state index in [1.807, 2.05) is 36.4 Å². The monoisotopic (exact) mass is 344 g/mol. The summed E-state index contributed by atoms with van der Waals surface area (Å²) in [5.74, 6) is 0.854. The molecule has 0 amide bonds. The van der Waals surface area contributed by atoms with E-state index in [0.717, 1.165) is 29.9 Å². The van der Waals surface area contributed by atoms with E-state index in [-0.39, 0.29) is 5.25 Å². The molecule has 1 aromatic heterocycles. The first kappa shape index (κ1) is 15.5. The highest BCUT2D eigenvalue weighted by molar-refractivity contribution is 7.90. The SMILES string of the molecule is O=S(=O)(C1CC1)N1CCN(c2cc(-c3ccccc3)ncn2)CC1. The molecule has 126 valence electrons. The average molecular weight is 344 g/mol. The fourth-order valence-electron chi connectivity index (χ4n) is 3.04. The number of benzene rings is 1. The number of aromatic nitrogens is 2. The van der Waals surface area contributed by atoms with Gasteiger partial charge < -0.3 is 4.90 Å². The van der Waals surface area contributed by atoms with Crippen LogP contribution in [0, 0.1) is 0 Å². The summed E-state index contributed by atoms with van der Waals surface area (Å²) in [5.41, 5.74) is 1.93. The number of anilines is 1. The Morgan fingerprint density at radius 3 is 2.33 bits per heavy atom. The lowest BCUT2D eigenvalue weighted by atomic mass is 10.1. The van der Waals surface area contributed by atoms with Crippen molar-refractivity contribution in [3.05, 3.63) is 42.7 Å². The third kappa shape index (κ3) is 3.01. The summed E-state index contributed by atoms with van der Waals surface area (Å²) in [7, 11) is -3.07. The van der Waals surface area contributed by atoms with Gasteiger partial charge in [-0.3, -0.25) is 0 Å². The number of nitrogens with zero attached hydrogens (tertiary/aromatic N) is 4. The Morgan fingerprint density at radius 2 is 1.67 bits per heavy atom. The fraction of sp³-hybridized carbons (Fsp3) is 0.412. The number of sulfonamides is 1. The van der Waals surface area contributed by atoms with Crippen molar-refractivity contribution in [3.8, 4) is 11.3 Å². The van der Waals surface area contributed by atoms with Crippen molar-refractivity contribution in [3.63, 3.8) is 0 Å². The van der Waals surface area contributed by atoms with Gasteiger partial charge in [-0.2, -0.15) is 4.31 Å². The second-order valence-corrected chi connectivity index (χ2v) is 8.47. The van der Waals surface area contributed by atoms with Gasteiger partial charge in [0.05, 0.1) is 10.9 Å². The van der Waals surface area contributed by atoms with Crippen LogP contribution in [-0.4, -0.2) is 54.1 Å². The predicted octanol–water partition coefficient (Wildman–Crippen LogP) is 1.76. The van der Waals surface area contributed by atoms with Crippen molar-refractivity contribution < 1.29 is 8.42 Å². The maximum Gasteiger partial charge on any atom is 0.217 e. The molecule has 2 aromatic rings. The first-order chi connectivity index (χ1) is 11.6. The summed E-state index contributed by atoms with van der Waals surface area (Å²) in [6, 6.07) is 12.0. The van der Waals surface area contributed by atoms with Crippen molar-refractivity contribution in [1.82, 2.24) is 14.3 Å². The maximum absolute atomic E-state index is 12.3. The van der Waals surface area contributed by atoms with Crippen LogP contribution in [0.2, 0.25) is 0 Å². The van der Waals surface area contributed by atoms with Crippen LogP contribution in [0.3, 0.4) is 0 Å². The molecule has 0 radical (unpaired) electrons. The molecule has 0 N–H and O–H groups in total. The highest BCUT2D eigenvalue weighted by atomic mass is 32.2. The van der Waals surface area contributed by atoms with Crippen LogP contribution in [0.1, 0.15) is 12.8 Å². The molecule has 0 unspecified atom stereocenters. The summed E-state index contributed by atoms with van der Waals surface area (Å²) in [4.78, 5) is 10.8. The van der Waals surface area contributed by atoms with E-state index in [1.165, 1.54) is 0 Å². The Balaban J connectivity index is 1.48. The largest absolute Gasteiger partial charge is 0.354 e. The Labute approximate surface area is 142 Å². The lowest BCUT2D eigenvalue weighted by Gasteiger charge is -2.34. The number of rotatable bonds is 4. The summed E-state index contributed by atoms with van der Waals surface area (Å²) in [6.45, 7) is 2.39. The van der Waals surface area contributed by atoms with E-state index < -0.39 is 10.0 Å². The maximum atomic E-state index is 12.3. The van der Waals surface area contributed by atoms with E-state index in [0.29, 0.717) is 26.2 Å². The standard InChI is InChI=1S/C17H20N4O2S/c22-24(23,15-6-7-15)21-10-8-20(9-11-21)17-12-16(18-13-19-17)14-4-2-1-3-5-14/h1-5,12-13,15H,6-11H2. The van der Waals surface area contributed by atoms with Crippen LogP contribution in [0.15, 0.2) is 42.7 Å². The molecule has 1 aliphatic heterocycles. The van der Waals surface area contributed by atoms with Crippen LogP contribution in [0.25, 0.3) is 11.3 Å². The van der Waals surface area contributed by atoms with Crippen LogP contribution in [0.5, 0.6) is 0 Å². The normalized spacial score (nSPS) is 19.4. The molecule has 6 nitrogen and oxygen atoms in total. The van der Waals surface area contributed by atoms with Crippen LogP contribution in [0.4, 0.5) is 5.82 Å². The number of hydrogen-bond acceptors (Lipinski definition) is 5.